The minimum Gasteiger partial charge on any atom is -0.335 e. The fourth-order valence-corrected chi connectivity index (χ4v) is 2.12. The smallest absolute Gasteiger partial charge is 0.335 e. The molecule has 2 amide bonds. The number of urea groups is 1. The lowest BCUT2D eigenvalue weighted by Gasteiger charge is -2.16. The molecule has 1 unspecified atom stereocenters. The number of anilines is 1. The van der Waals surface area contributed by atoms with Gasteiger partial charge in [0.15, 0.2) is 0 Å². The van der Waals surface area contributed by atoms with Crippen LogP contribution >= 0.6 is 11.6 Å². The first kappa shape index (κ1) is 18.6. The quantitative estimate of drug-likeness (QED) is 0.666. The zero-order valence-corrected chi connectivity index (χ0v) is 13.3. The summed E-state index contributed by atoms with van der Waals surface area (Å²) in [5.41, 5.74) is -0.919. The molecule has 0 saturated carbocycles. The van der Waals surface area contributed by atoms with Crippen molar-refractivity contribution in [3.8, 4) is 0 Å². The first-order chi connectivity index (χ1) is 10.2. The molecule has 7 heteroatoms. The van der Waals surface area contributed by atoms with Gasteiger partial charge in [-0.1, -0.05) is 37.8 Å². The summed E-state index contributed by atoms with van der Waals surface area (Å²) in [5, 5.41) is 5.10. The van der Waals surface area contributed by atoms with Crippen molar-refractivity contribution >= 4 is 23.3 Å². The van der Waals surface area contributed by atoms with Crippen LogP contribution in [0.3, 0.4) is 0 Å². The summed E-state index contributed by atoms with van der Waals surface area (Å²) >= 11 is 5.82. The van der Waals surface area contributed by atoms with Gasteiger partial charge in [-0.3, -0.25) is 0 Å². The first-order valence-corrected chi connectivity index (χ1v) is 7.56. The fraction of sp³-hybridized carbons (Fsp3) is 0.533. The number of carbonyl (C=O) groups excluding carboxylic acids is 1. The zero-order valence-electron chi connectivity index (χ0n) is 12.6. The number of hydrogen-bond acceptors (Lipinski definition) is 1. The van der Waals surface area contributed by atoms with Gasteiger partial charge in [-0.05, 0) is 31.5 Å². The number of amides is 2. The van der Waals surface area contributed by atoms with Crippen LogP contribution < -0.4 is 10.6 Å². The van der Waals surface area contributed by atoms with E-state index in [0.717, 1.165) is 43.9 Å². The van der Waals surface area contributed by atoms with Crippen LogP contribution in [0.1, 0.15) is 45.1 Å². The van der Waals surface area contributed by atoms with Gasteiger partial charge in [-0.2, -0.15) is 13.2 Å². The van der Waals surface area contributed by atoms with E-state index in [1.54, 1.807) is 0 Å². The number of hydrogen-bond donors (Lipinski definition) is 2. The SMILES string of the molecule is CCCCCC(C)NC(=O)Nc1cc(C(F)(F)F)ccc1Cl. The summed E-state index contributed by atoms with van der Waals surface area (Å²) in [4.78, 5) is 11.8. The molecule has 0 fully saturated rings. The summed E-state index contributed by atoms with van der Waals surface area (Å²) in [7, 11) is 0. The molecular weight excluding hydrogens is 317 g/mol. The molecule has 0 aliphatic rings. The van der Waals surface area contributed by atoms with Crippen molar-refractivity contribution in [1.82, 2.24) is 5.32 Å². The maximum absolute atomic E-state index is 12.6. The molecule has 0 spiro atoms. The topological polar surface area (TPSA) is 41.1 Å². The minimum absolute atomic E-state index is 0.0572. The van der Waals surface area contributed by atoms with Gasteiger partial charge in [0.25, 0.3) is 0 Å². The molecule has 2 N–H and O–H groups in total. The molecular formula is C15H20ClF3N2O. The van der Waals surface area contributed by atoms with E-state index in [4.69, 9.17) is 11.6 Å². The molecule has 124 valence electrons. The van der Waals surface area contributed by atoms with Crippen LogP contribution in [0, 0.1) is 0 Å². The van der Waals surface area contributed by atoms with Crippen LogP contribution in [-0.4, -0.2) is 12.1 Å². The third-order valence-electron chi connectivity index (χ3n) is 3.16. The van der Waals surface area contributed by atoms with E-state index in [0.29, 0.717) is 0 Å². The third kappa shape index (κ3) is 6.13. The highest BCUT2D eigenvalue weighted by Gasteiger charge is 2.31. The summed E-state index contributed by atoms with van der Waals surface area (Å²) in [6, 6.07) is 2.19. The van der Waals surface area contributed by atoms with Gasteiger partial charge >= 0.3 is 12.2 Å². The molecule has 0 aromatic heterocycles. The maximum Gasteiger partial charge on any atom is 0.416 e. The molecule has 0 aliphatic heterocycles. The van der Waals surface area contributed by atoms with E-state index >= 15 is 0 Å². The molecule has 3 nitrogen and oxygen atoms in total. The molecule has 0 radical (unpaired) electrons. The Kier molecular flexibility index (Phi) is 7.00. The second kappa shape index (κ2) is 8.27. The summed E-state index contributed by atoms with van der Waals surface area (Å²) in [6.07, 6.45) is -0.517. The average molecular weight is 337 g/mol. The van der Waals surface area contributed by atoms with Crippen molar-refractivity contribution in [2.75, 3.05) is 5.32 Å². The van der Waals surface area contributed by atoms with Gasteiger partial charge in [0.05, 0.1) is 16.3 Å². The second-order valence-corrected chi connectivity index (χ2v) is 5.59. The number of carbonyl (C=O) groups is 1. The van der Waals surface area contributed by atoms with Crippen LogP contribution in [0.2, 0.25) is 5.02 Å². The molecule has 0 saturated heterocycles. The molecule has 1 aromatic carbocycles. The molecule has 22 heavy (non-hydrogen) atoms. The van der Waals surface area contributed by atoms with E-state index < -0.39 is 17.8 Å². The predicted molar refractivity (Wildman–Crippen MR) is 82.2 cm³/mol. The summed E-state index contributed by atoms with van der Waals surface area (Å²) in [5.74, 6) is 0. The van der Waals surface area contributed by atoms with Crippen molar-refractivity contribution in [2.45, 2.75) is 51.7 Å². The highest BCUT2D eigenvalue weighted by Crippen LogP contribution is 2.33. The Morgan fingerprint density at radius 2 is 2.00 bits per heavy atom. The monoisotopic (exact) mass is 336 g/mol. The highest BCUT2D eigenvalue weighted by molar-refractivity contribution is 6.33. The Balaban J connectivity index is 2.64. The molecule has 1 rings (SSSR count). The normalized spacial score (nSPS) is 12.8. The Hall–Kier alpha value is -1.43. The summed E-state index contributed by atoms with van der Waals surface area (Å²) < 4.78 is 37.9. The van der Waals surface area contributed by atoms with Crippen LogP contribution in [0.4, 0.5) is 23.7 Å². The zero-order chi connectivity index (χ0) is 16.8. The number of nitrogens with one attached hydrogen (secondary N) is 2. The maximum atomic E-state index is 12.6. The number of rotatable bonds is 6. The van der Waals surface area contributed by atoms with Gasteiger partial charge in [-0.25, -0.2) is 4.79 Å². The predicted octanol–water partition coefficient (Wildman–Crippen LogP) is 5.45. The largest absolute Gasteiger partial charge is 0.416 e. The lowest BCUT2D eigenvalue weighted by molar-refractivity contribution is -0.137. The van der Waals surface area contributed by atoms with Crippen LogP contribution in [0.15, 0.2) is 18.2 Å². The van der Waals surface area contributed by atoms with E-state index in [2.05, 4.69) is 17.6 Å². The van der Waals surface area contributed by atoms with E-state index in [1.807, 2.05) is 6.92 Å². The Morgan fingerprint density at radius 1 is 1.32 bits per heavy atom. The number of benzene rings is 1. The third-order valence-corrected chi connectivity index (χ3v) is 3.49. The van der Waals surface area contributed by atoms with Gasteiger partial charge in [-0.15, -0.1) is 0 Å². The molecule has 1 atom stereocenters. The van der Waals surface area contributed by atoms with Crippen molar-refractivity contribution < 1.29 is 18.0 Å². The molecule has 1 aromatic rings. The van der Waals surface area contributed by atoms with E-state index in [9.17, 15) is 18.0 Å². The minimum atomic E-state index is -4.48. The lowest BCUT2D eigenvalue weighted by atomic mass is 10.1. The van der Waals surface area contributed by atoms with Crippen molar-refractivity contribution in [2.24, 2.45) is 0 Å². The average Bonchev–Trinajstić information content (AvgIpc) is 2.40. The number of halogens is 4. The van der Waals surface area contributed by atoms with Gasteiger partial charge in [0, 0.05) is 6.04 Å². The van der Waals surface area contributed by atoms with Crippen molar-refractivity contribution in [3.63, 3.8) is 0 Å². The first-order valence-electron chi connectivity index (χ1n) is 7.18. The van der Waals surface area contributed by atoms with Gasteiger partial charge in [0.1, 0.15) is 0 Å². The molecule has 0 bridgehead atoms. The standard InChI is InChI=1S/C15H20ClF3N2O/c1-3-4-5-6-10(2)20-14(22)21-13-9-11(15(17,18)19)7-8-12(13)16/h7-10H,3-6H2,1-2H3,(H2,20,21,22). The van der Waals surface area contributed by atoms with E-state index in [-0.39, 0.29) is 16.8 Å². The van der Waals surface area contributed by atoms with Gasteiger partial charge < -0.3 is 10.6 Å². The lowest BCUT2D eigenvalue weighted by Crippen LogP contribution is -2.36. The second-order valence-electron chi connectivity index (χ2n) is 5.19. The Bertz CT molecular complexity index is 506. The fourth-order valence-electron chi connectivity index (χ4n) is 1.95. The van der Waals surface area contributed by atoms with Gasteiger partial charge in [0.2, 0.25) is 0 Å². The Morgan fingerprint density at radius 3 is 2.59 bits per heavy atom. The number of alkyl halides is 3. The molecule has 0 aliphatic carbocycles. The van der Waals surface area contributed by atoms with Crippen LogP contribution in [-0.2, 0) is 6.18 Å². The van der Waals surface area contributed by atoms with E-state index in [1.165, 1.54) is 0 Å². The van der Waals surface area contributed by atoms with Crippen LogP contribution in [0.5, 0.6) is 0 Å². The Labute approximate surface area is 133 Å². The van der Waals surface area contributed by atoms with Crippen molar-refractivity contribution in [1.29, 1.82) is 0 Å². The highest BCUT2D eigenvalue weighted by atomic mass is 35.5. The number of unbranched alkanes of at least 4 members (excludes halogenated alkanes) is 2. The van der Waals surface area contributed by atoms with Crippen LogP contribution in [0.25, 0.3) is 0 Å². The van der Waals surface area contributed by atoms with Crippen molar-refractivity contribution in [3.05, 3.63) is 28.8 Å². The summed E-state index contributed by atoms with van der Waals surface area (Å²) in [6.45, 7) is 3.93. The molecule has 0 heterocycles.